The van der Waals surface area contributed by atoms with Crippen LogP contribution in [0.25, 0.3) is 0 Å². The maximum atomic E-state index is 12.1. The molecule has 0 heterocycles. The van der Waals surface area contributed by atoms with E-state index in [1.54, 1.807) is 30.3 Å². The Labute approximate surface area is 138 Å². The summed E-state index contributed by atoms with van der Waals surface area (Å²) in [4.78, 5) is 23.1. The van der Waals surface area contributed by atoms with E-state index in [1.807, 2.05) is 0 Å². The molecule has 1 N–H and O–H groups in total. The Morgan fingerprint density at radius 3 is 2.46 bits per heavy atom. The second kappa shape index (κ2) is 7.77. The fourth-order valence-electron chi connectivity index (χ4n) is 2.00. The summed E-state index contributed by atoms with van der Waals surface area (Å²) < 4.78 is 10.2. The molecule has 2 aromatic carbocycles. The van der Waals surface area contributed by atoms with Gasteiger partial charge < -0.3 is 19.4 Å². The predicted molar refractivity (Wildman–Crippen MR) is 85.4 cm³/mol. The number of hydrogen-bond donors (Lipinski definition) is 1. The highest BCUT2D eigenvalue weighted by Crippen LogP contribution is 2.27. The lowest BCUT2D eigenvalue weighted by molar-refractivity contribution is -0.255. The third kappa shape index (κ3) is 3.89. The highest BCUT2D eigenvalue weighted by Gasteiger charge is 2.10. The van der Waals surface area contributed by atoms with Gasteiger partial charge in [-0.1, -0.05) is 24.3 Å². The number of rotatable bonds is 6. The van der Waals surface area contributed by atoms with E-state index in [1.165, 1.54) is 32.6 Å². The quantitative estimate of drug-likeness (QED) is 0.626. The van der Waals surface area contributed by atoms with Crippen molar-refractivity contribution in [3.8, 4) is 11.5 Å². The summed E-state index contributed by atoms with van der Waals surface area (Å²) in [7, 11) is 2.96. The number of carbonyl (C=O) groups is 2. The van der Waals surface area contributed by atoms with Crippen LogP contribution in [0.5, 0.6) is 11.5 Å². The lowest BCUT2D eigenvalue weighted by Gasteiger charge is -2.09. The molecule has 0 aliphatic rings. The van der Waals surface area contributed by atoms with Gasteiger partial charge in [-0.2, -0.15) is 5.10 Å². The molecule has 0 spiro atoms. The Bertz CT molecular complexity index is 786. The van der Waals surface area contributed by atoms with Gasteiger partial charge in [0, 0.05) is 16.7 Å². The molecule has 0 saturated carbocycles. The first-order valence-electron chi connectivity index (χ1n) is 6.92. The predicted octanol–water partition coefficient (Wildman–Crippen LogP) is 0.831. The molecule has 0 aromatic heterocycles. The second-order valence-electron chi connectivity index (χ2n) is 4.64. The number of carbonyl (C=O) groups excluding carboxylic acids is 2. The van der Waals surface area contributed by atoms with Gasteiger partial charge in [0.25, 0.3) is 5.91 Å². The van der Waals surface area contributed by atoms with Gasteiger partial charge in [0.05, 0.1) is 26.4 Å². The van der Waals surface area contributed by atoms with Crippen LogP contribution in [0.15, 0.2) is 47.6 Å². The third-order valence-electron chi connectivity index (χ3n) is 3.20. The first-order chi connectivity index (χ1) is 11.6. The van der Waals surface area contributed by atoms with Crippen molar-refractivity contribution >= 4 is 18.1 Å². The topological polar surface area (TPSA) is 100 Å². The van der Waals surface area contributed by atoms with Gasteiger partial charge in [-0.3, -0.25) is 4.79 Å². The fraction of sp³-hybridized carbons (Fsp3) is 0.118. The van der Waals surface area contributed by atoms with E-state index >= 15 is 0 Å². The van der Waals surface area contributed by atoms with E-state index in [0.717, 1.165) is 0 Å². The molecule has 0 fully saturated rings. The summed E-state index contributed by atoms with van der Waals surface area (Å²) >= 11 is 0. The average Bonchev–Trinajstić information content (AvgIpc) is 2.61. The van der Waals surface area contributed by atoms with Crippen molar-refractivity contribution in [1.29, 1.82) is 0 Å². The lowest BCUT2D eigenvalue weighted by Crippen LogP contribution is -2.24. The largest absolute Gasteiger partial charge is 0.545 e. The average molecular weight is 327 g/mol. The third-order valence-corrected chi connectivity index (χ3v) is 3.20. The number of carboxylic acids is 1. The second-order valence-corrected chi connectivity index (χ2v) is 4.64. The van der Waals surface area contributed by atoms with Crippen LogP contribution < -0.4 is 20.0 Å². The monoisotopic (exact) mass is 327 g/mol. The number of methoxy groups -OCH3 is 2. The Morgan fingerprint density at radius 2 is 1.79 bits per heavy atom. The van der Waals surface area contributed by atoms with Crippen molar-refractivity contribution in [2.45, 2.75) is 0 Å². The van der Waals surface area contributed by atoms with Gasteiger partial charge >= 0.3 is 0 Å². The fourth-order valence-corrected chi connectivity index (χ4v) is 2.00. The summed E-state index contributed by atoms with van der Waals surface area (Å²) in [5.41, 5.74) is 2.95. The number of carboxylic acid groups (broad SMARTS) is 1. The van der Waals surface area contributed by atoms with Crippen LogP contribution in [0.4, 0.5) is 0 Å². The molecule has 1 amide bonds. The lowest BCUT2D eigenvalue weighted by atomic mass is 10.1. The van der Waals surface area contributed by atoms with Crippen molar-refractivity contribution in [3.05, 3.63) is 59.2 Å². The van der Waals surface area contributed by atoms with Gasteiger partial charge in [-0.15, -0.1) is 0 Å². The van der Waals surface area contributed by atoms with E-state index in [9.17, 15) is 14.7 Å². The van der Waals surface area contributed by atoms with E-state index in [2.05, 4.69) is 10.5 Å². The maximum Gasteiger partial charge on any atom is 0.271 e. The van der Waals surface area contributed by atoms with Crippen LogP contribution in [0, 0.1) is 0 Å². The normalized spacial score (nSPS) is 10.4. The standard InChI is InChI=1S/C17H16N2O5/c1-23-14-8-7-11(9-15(14)24-2)16(20)19-18-10-12-5-3-4-6-13(12)17(21)22/h3-10H,1-2H3,(H,19,20)(H,21,22)/p-1/b18-10-. The summed E-state index contributed by atoms with van der Waals surface area (Å²) in [5.74, 6) is -0.877. The number of benzene rings is 2. The van der Waals surface area contributed by atoms with Crippen LogP contribution in [0.3, 0.4) is 0 Å². The number of amides is 1. The molecule has 0 saturated heterocycles. The van der Waals surface area contributed by atoms with Crippen LogP contribution in [-0.4, -0.2) is 32.3 Å². The SMILES string of the molecule is COc1ccc(C(=O)N/N=C\c2ccccc2C(=O)[O-])cc1OC. The van der Waals surface area contributed by atoms with Crippen molar-refractivity contribution in [3.63, 3.8) is 0 Å². The number of nitrogens with one attached hydrogen (secondary N) is 1. The first kappa shape index (κ1) is 17.0. The Kier molecular flexibility index (Phi) is 5.51. The molecular formula is C17H15N2O5-. The Hall–Kier alpha value is -3.35. The number of aromatic carboxylic acids is 1. The van der Waals surface area contributed by atoms with Gasteiger partial charge in [-0.25, -0.2) is 5.43 Å². The van der Waals surface area contributed by atoms with E-state index in [4.69, 9.17) is 9.47 Å². The molecule has 2 aromatic rings. The molecular weight excluding hydrogens is 312 g/mol. The molecule has 2 rings (SSSR count). The van der Waals surface area contributed by atoms with Gasteiger partial charge in [0.15, 0.2) is 11.5 Å². The minimum Gasteiger partial charge on any atom is -0.545 e. The Morgan fingerprint density at radius 1 is 1.08 bits per heavy atom. The molecule has 7 heteroatoms. The highest BCUT2D eigenvalue weighted by atomic mass is 16.5. The number of hydrazone groups is 1. The summed E-state index contributed by atoms with van der Waals surface area (Å²) in [6.07, 6.45) is 1.24. The van der Waals surface area contributed by atoms with E-state index in [0.29, 0.717) is 22.6 Å². The van der Waals surface area contributed by atoms with Crippen LogP contribution >= 0.6 is 0 Å². The zero-order valence-electron chi connectivity index (χ0n) is 13.1. The van der Waals surface area contributed by atoms with Crippen LogP contribution in [-0.2, 0) is 0 Å². The minimum atomic E-state index is -1.32. The summed E-state index contributed by atoms with van der Waals surface area (Å²) in [6.45, 7) is 0. The number of nitrogens with zero attached hydrogens (tertiary/aromatic N) is 1. The number of ether oxygens (including phenoxy) is 2. The van der Waals surface area contributed by atoms with Crippen molar-refractivity contribution < 1.29 is 24.2 Å². The van der Waals surface area contributed by atoms with E-state index < -0.39 is 11.9 Å². The molecule has 7 nitrogen and oxygen atoms in total. The molecule has 0 aliphatic heterocycles. The minimum absolute atomic E-state index is 0.0124. The van der Waals surface area contributed by atoms with Gasteiger partial charge in [0.2, 0.25) is 0 Å². The molecule has 0 bridgehead atoms. The smallest absolute Gasteiger partial charge is 0.271 e. The maximum absolute atomic E-state index is 12.1. The summed E-state index contributed by atoms with van der Waals surface area (Å²) in [6, 6.07) is 10.8. The highest BCUT2D eigenvalue weighted by molar-refractivity contribution is 5.99. The zero-order valence-corrected chi connectivity index (χ0v) is 13.1. The van der Waals surface area contributed by atoms with Gasteiger partial charge in [0.1, 0.15) is 0 Å². The molecule has 0 radical (unpaired) electrons. The van der Waals surface area contributed by atoms with Crippen molar-refractivity contribution in [2.24, 2.45) is 5.10 Å². The van der Waals surface area contributed by atoms with E-state index in [-0.39, 0.29) is 5.56 Å². The summed E-state index contributed by atoms with van der Waals surface area (Å²) in [5, 5.41) is 14.8. The van der Waals surface area contributed by atoms with Crippen molar-refractivity contribution in [2.75, 3.05) is 14.2 Å². The first-order valence-corrected chi connectivity index (χ1v) is 6.92. The Balaban J connectivity index is 2.12. The zero-order chi connectivity index (χ0) is 17.5. The molecule has 124 valence electrons. The van der Waals surface area contributed by atoms with Gasteiger partial charge in [-0.05, 0) is 18.2 Å². The molecule has 0 atom stereocenters. The molecule has 0 unspecified atom stereocenters. The van der Waals surface area contributed by atoms with Crippen LogP contribution in [0.2, 0.25) is 0 Å². The molecule has 24 heavy (non-hydrogen) atoms. The van der Waals surface area contributed by atoms with Crippen molar-refractivity contribution in [1.82, 2.24) is 5.43 Å². The number of hydrogen-bond acceptors (Lipinski definition) is 6. The molecule has 0 aliphatic carbocycles. The van der Waals surface area contributed by atoms with Crippen LogP contribution in [0.1, 0.15) is 26.3 Å².